The summed E-state index contributed by atoms with van der Waals surface area (Å²) in [5.41, 5.74) is 0.835. The van der Waals surface area contributed by atoms with Crippen LogP contribution >= 0.6 is 12.2 Å². The molecule has 0 aliphatic heterocycles. The third-order valence-corrected chi connectivity index (χ3v) is 3.67. The van der Waals surface area contributed by atoms with Gasteiger partial charge < -0.3 is 15.2 Å². The number of phenols is 1. The summed E-state index contributed by atoms with van der Waals surface area (Å²) in [5.74, 6) is 0.729. The number of hydrogen-bond acceptors (Lipinski definition) is 4. The molecule has 0 aromatic heterocycles. The molecule has 132 valence electrons. The summed E-state index contributed by atoms with van der Waals surface area (Å²) < 4.78 is 5.72. The minimum Gasteiger partial charge on any atom is -0.506 e. The molecule has 6 heteroatoms. The van der Waals surface area contributed by atoms with E-state index < -0.39 is 0 Å². The van der Waals surface area contributed by atoms with Gasteiger partial charge in [-0.25, -0.2) is 0 Å². The lowest BCUT2D eigenvalue weighted by Crippen LogP contribution is -2.34. The SMILES string of the molecule is CC(C)CCOc1ccccc1C(=O)NC(=S)Nc1ccccc1O. The first-order chi connectivity index (χ1) is 12.0. The number of carbonyl (C=O) groups is 1. The number of hydrogen-bond donors (Lipinski definition) is 3. The number of ether oxygens (including phenoxy) is 1. The summed E-state index contributed by atoms with van der Waals surface area (Å²) in [5, 5.41) is 15.2. The molecular formula is C19H22N2O3S. The summed E-state index contributed by atoms with van der Waals surface area (Å²) in [4.78, 5) is 12.5. The van der Waals surface area contributed by atoms with E-state index in [1.54, 1.807) is 36.4 Å². The van der Waals surface area contributed by atoms with Crippen molar-refractivity contribution in [3.05, 3.63) is 54.1 Å². The van der Waals surface area contributed by atoms with E-state index in [2.05, 4.69) is 24.5 Å². The molecule has 0 aliphatic rings. The van der Waals surface area contributed by atoms with Crippen molar-refractivity contribution in [1.29, 1.82) is 0 Å². The number of thiocarbonyl (C=S) groups is 1. The average Bonchev–Trinajstić information content (AvgIpc) is 2.57. The van der Waals surface area contributed by atoms with Gasteiger partial charge in [0, 0.05) is 0 Å². The molecule has 5 nitrogen and oxygen atoms in total. The number of nitrogens with one attached hydrogen (secondary N) is 2. The number of benzene rings is 2. The Morgan fingerprint density at radius 1 is 1.16 bits per heavy atom. The predicted octanol–water partition coefficient (Wildman–Crippen LogP) is 3.94. The molecule has 0 atom stereocenters. The Balaban J connectivity index is 2.00. The fraction of sp³-hybridized carbons (Fsp3) is 0.263. The van der Waals surface area contributed by atoms with Gasteiger partial charge in [0.15, 0.2) is 5.11 Å². The van der Waals surface area contributed by atoms with Crippen LogP contribution in [0.15, 0.2) is 48.5 Å². The Morgan fingerprint density at radius 3 is 2.56 bits per heavy atom. The number of phenolic OH excluding ortho intramolecular Hbond substituents is 1. The molecule has 0 spiro atoms. The lowest BCUT2D eigenvalue weighted by atomic mass is 10.1. The maximum atomic E-state index is 12.5. The van der Waals surface area contributed by atoms with Crippen molar-refractivity contribution in [1.82, 2.24) is 5.32 Å². The number of amides is 1. The summed E-state index contributed by atoms with van der Waals surface area (Å²) in [7, 11) is 0. The van der Waals surface area contributed by atoms with E-state index in [1.165, 1.54) is 6.07 Å². The van der Waals surface area contributed by atoms with E-state index in [4.69, 9.17) is 17.0 Å². The second-order valence-corrected chi connectivity index (χ2v) is 6.36. The number of para-hydroxylation sites is 3. The maximum absolute atomic E-state index is 12.5. The first kappa shape index (κ1) is 18.7. The van der Waals surface area contributed by atoms with Gasteiger partial charge in [-0.05, 0) is 48.8 Å². The second kappa shape index (κ2) is 9.03. The van der Waals surface area contributed by atoms with Crippen molar-refractivity contribution in [2.24, 2.45) is 5.92 Å². The molecule has 25 heavy (non-hydrogen) atoms. The first-order valence-corrected chi connectivity index (χ1v) is 8.50. The van der Waals surface area contributed by atoms with Crippen molar-refractivity contribution in [3.8, 4) is 11.5 Å². The van der Waals surface area contributed by atoms with Crippen molar-refractivity contribution < 1.29 is 14.6 Å². The third kappa shape index (κ3) is 5.76. The third-order valence-electron chi connectivity index (χ3n) is 3.46. The smallest absolute Gasteiger partial charge is 0.261 e. The molecule has 0 bridgehead atoms. The van der Waals surface area contributed by atoms with Crippen LogP contribution in [-0.2, 0) is 0 Å². The van der Waals surface area contributed by atoms with Crippen molar-refractivity contribution in [2.45, 2.75) is 20.3 Å². The van der Waals surface area contributed by atoms with Crippen molar-refractivity contribution >= 4 is 28.9 Å². The molecule has 0 fully saturated rings. The topological polar surface area (TPSA) is 70.6 Å². The zero-order valence-corrected chi connectivity index (χ0v) is 15.1. The van der Waals surface area contributed by atoms with Crippen LogP contribution in [0, 0.1) is 5.92 Å². The fourth-order valence-corrected chi connectivity index (χ4v) is 2.29. The molecule has 2 aromatic rings. The standard InChI is InChI=1S/C19H22N2O3S/c1-13(2)11-12-24-17-10-6-3-7-14(17)18(23)21-19(25)20-15-8-4-5-9-16(15)22/h3-10,13,22H,11-12H2,1-2H3,(H2,20,21,23,25). The zero-order valence-electron chi connectivity index (χ0n) is 14.3. The van der Waals surface area contributed by atoms with E-state index in [0.29, 0.717) is 29.5 Å². The molecule has 0 heterocycles. The predicted molar refractivity (Wildman–Crippen MR) is 103 cm³/mol. The minimum atomic E-state index is -0.368. The van der Waals surface area contributed by atoms with Gasteiger partial charge in [0.25, 0.3) is 5.91 Å². The molecule has 0 radical (unpaired) electrons. The largest absolute Gasteiger partial charge is 0.506 e. The van der Waals surface area contributed by atoms with Gasteiger partial charge in [-0.15, -0.1) is 0 Å². The van der Waals surface area contributed by atoms with Gasteiger partial charge in [-0.1, -0.05) is 38.1 Å². The normalized spacial score (nSPS) is 10.4. The van der Waals surface area contributed by atoms with Gasteiger partial charge in [-0.2, -0.15) is 0 Å². The van der Waals surface area contributed by atoms with Crippen molar-refractivity contribution in [3.63, 3.8) is 0 Å². The molecule has 3 N–H and O–H groups in total. The van der Waals surface area contributed by atoms with E-state index >= 15 is 0 Å². The Labute approximate surface area is 153 Å². The van der Waals surface area contributed by atoms with Gasteiger partial charge in [0.1, 0.15) is 11.5 Å². The molecule has 1 amide bonds. The molecule has 0 unspecified atom stereocenters. The van der Waals surface area contributed by atoms with Crippen LogP contribution in [0.25, 0.3) is 0 Å². The highest BCUT2D eigenvalue weighted by Crippen LogP contribution is 2.22. The first-order valence-electron chi connectivity index (χ1n) is 8.09. The van der Waals surface area contributed by atoms with Gasteiger partial charge in [0.2, 0.25) is 0 Å². The molecule has 2 aromatic carbocycles. The van der Waals surface area contributed by atoms with Crippen LogP contribution in [0.5, 0.6) is 11.5 Å². The van der Waals surface area contributed by atoms with Crippen LogP contribution in [0.4, 0.5) is 5.69 Å². The maximum Gasteiger partial charge on any atom is 0.261 e. The second-order valence-electron chi connectivity index (χ2n) is 5.95. The highest BCUT2D eigenvalue weighted by atomic mass is 32.1. The van der Waals surface area contributed by atoms with Crippen LogP contribution in [-0.4, -0.2) is 22.7 Å². The highest BCUT2D eigenvalue weighted by molar-refractivity contribution is 7.80. The summed E-state index contributed by atoms with van der Waals surface area (Å²) >= 11 is 5.14. The van der Waals surface area contributed by atoms with E-state index in [9.17, 15) is 9.90 Å². The minimum absolute atomic E-state index is 0.0523. The Kier molecular flexibility index (Phi) is 6.77. The van der Waals surface area contributed by atoms with E-state index in [-0.39, 0.29) is 16.8 Å². The van der Waals surface area contributed by atoms with E-state index in [1.807, 2.05) is 6.07 Å². The molecule has 0 saturated heterocycles. The molecule has 0 aliphatic carbocycles. The quantitative estimate of drug-likeness (QED) is 0.539. The van der Waals surface area contributed by atoms with Crippen LogP contribution < -0.4 is 15.4 Å². The molecular weight excluding hydrogens is 336 g/mol. The summed E-state index contributed by atoms with van der Waals surface area (Å²) in [6.45, 7) is 4.78. The monoisotopic (exact) mass is 358 g/mol. The number of rotatable bonds is 6. The van der Waals surface area contributed by atoms with Crippen molar-refractivity contribution in [2.75, 3.05) is 11.9 Å². The van der Waals surface area contributed by atoms with E-state index in [0.717, 1.165) is 6.42 Å². The Morgan fingerprint density at radius 2 is 1.84 bits per heavy atom. The fourth-order valence-electron chi connectivity index (χ4n) is 2.09. The lowest BCUT2D eigenvalue weighted by Gasteiger charge is -2.14. The summed E-state index contributed by atoms with van der Waals surface area (Å²) in [6.07, 6.45) is 0.906. The summed E-state index contributed by atoms with van der Waals surface area (Å²) in [6, 6.07) is 13.7. The zero-order chi connectivity index (χ0) is 18.2. The number of anilines is 1. The average molecular weight is 358 g/mol. The van der Waals surface area contributed by atoms with Crippen LogP contribution in [0.1, 0.15) is 30.6 Å². The lowest BCUT2D eigenvalue weighted by molar-refractivity contribution is 0.0973. The molecule has 0 saturated carbocycles. The highest BCUT2D eigenvalue weighted by Gasteiger charge is 2.14. The Hall–Kier alpha value is -2.60. The number of aromatic hydroxyl groups is 1. The van der Waals surface area contributed by atoms with Crippen LogP contribution in [0.3, 0.4) is 0 Å². The Bertz CT molecular complexity index is 747. The van der Waals surface area contributed by atoms with Gasteiger partial charge in [0.05, 0.1) is 17.9 Å². The van der Waals surface area contributed by atoms with Gasteiger partial charge in [-0.3, -0.25) is 10.1 Å². The van der Waals surface area contributed by atoms with Gasteiger partial charge >= 0.3 is 0 Å². The van der Waals surface area contributed by atoms with Crippen LogP contribution in [0.2, 0.25) is 0 Å². The molecule has 2 rings (SSSR count). The number of carbonyl (C=O) groups excluding carboxylic acids is 1.